The Hall–Kier alpha value is -2.11. The number of hydrogen-bond donors (Lipinski definition) is 1. The minimum atomic E-state index is 0.203. The Morgan fingerprint density at radius 1 is 1.22 bits per heavy atom. The van der Waals surface area contributed by atoms with E-state index in [9.17, 15) is 0 Å². The van der Waals surface area contributed by atoms with E-state index in [0.29, 0.717) is 17.5 Å². The summed E-state index contributed by atoms with van der Waals surface area (Å²) in [5, 5.41) is 3.80. The summed E-state index contributed by atoms with van der Waals surface area (Å²) in [6, 6.07) is 6.29. The number of fused-ring (bicyclic) bond motifs is 1. The van der Waals surface area contributed by atoms with Gasteiger partial charge in [-0.05, 0) is 43.5 Å². The lowest BCUT2D eigenvalue weighted by Crippen LogP contribution is -2.09. The topological polar surface area (TPSA) is 52.0 Å². The van der Waals surface area contributed by atoms with Crippen LogP contribution in [0.5, 0.6) is 0 Å². The van der Waals surface area contributed by atoms with Gasteiger partial charge in [-0.3, -0.25) is 0 Å². The first-order valence-corrected chi connectivity index (χ1v) is 9.60. The number of ether oxygens (including phenoxy) is 1. The van der Waals surface area contributed by atoms with Gasteiger partial charge in [0.1, 0.15) is 5.82 Å². The molecule has 1 atom stereocenters. The van der Waals surface area contributed by atoms with Gasteiger partial charge in [0, 0.05) is 31.6 Å². The first-order valence-electron chi connectivity index (χ1n) is 9.23. The SMILES string of the molecule is CNc1nc(C(C)C)ccc1-c1nc2c(C)cn(C(C)COC)c2cc1Cl. The van der Waals surface area contributed by atoms with Gasteiger partial charge < -0.3 is 14.6 Å². The van der Waals surface area contributed by atoms with Crippen molar-refractivity contribution < 1.29 is 4.74 Å². The van der Waals surface area contributed by atoms with Crippen LogP contribution in [0.3, 0.4) is 0 Å². The zero-order valence-corrected chi connectivity index (χ0v) is 17.6. The molecule has 0 amide bonds. The molecular formula is C21H27ClN4O. The molecule has 1 unspecified atom stereocenters. The van der Waals surface area contributed by atoms with E-state index in [-0.39, 0.29) is 6.04 Å². The molecule has 1 N–H and O–H groups in total. The largest absolute Gasteiger partial charge is 0.383 e. The quantitative estimate of drug-likeness (QED) is 0.613. The van der Waals surface area contributed by atoms with Crippen LogP contribution in [0.1, 0.15) is 44.0 Å². The van der Waals surface area contributed by atoms with Gasteiger partial charge >= 0.3 is 0 Å². The van der Waals surface area contributed by atoms with E-state index in [1.807, 2.05) is 25.2 Å². The molecule has 0 aliphatic carbocycles. The smallest absolute Gasteiger partial charge is 0.135 e. The van der Waals surface area contributed by atoms with E-state index in [2.05, 4.69) is 43.8 Å². The fraction of sp³-hybridized carbons (Fsp3) is 0.429. The molecule has 27 heavy (non-hydrogen) atoms. The molecular weight excluding hydrogens is 360 g/mol. The van der Waals surface area contributed by atoms with Crippen molar-refractivity contribution in [2.45, 2.75) is 39.7 Å². The highest BCUT2D eigenvalue weighted by Crippen LogP contribution is 2.35. The standard InChI is InChI=1S/C21H27ClN4O/c1-12(2)17-8-7-15(21(23-5)24-17)20-16(22)9-18-19(25-20)13(3)10-26(18)14(4)11-27-6/h7-10,12,14H,11H2,1-6H3,(H,23,24). The summed E-state index contributed by atoms with van der Waals surface area (Å²) in [5.41, 5.74) is 5.78. The predicted octanol–water partition coefficient (Wildman–Crippen LogP) is 5.43. The van der Waals surface area contributed by atoms with E-state index in [1.54, 1.807) is 7.11 Å². The van der Waals surface area contributed by atoms with Crippen molar-refractivity contribution in [2.75, 3.05) is 26.1 Å². The fourth-order valence-electron chi connectivity index (χ4n) is 3.36. The monoisotopic (exact) mass is 386 g/mol. The third-order valence-corrected chi connectivity index (χ3v) is 5.11. The van der Waals surface area contributed by atoms with Crippen LogP contribution in [0.4, 0.5) is 5.82 Å². The summed E-state index contributed by atoms with van der Waals surface area (Å²) in [4.78, 5) is 9.65. The van der Waals surface area contributed by atoms with Gasteiger partial charge in [-0.2, -0.15) is 0 Å². The van der Waals surface area contributed by atoms with E-state index in [1.165, 1.54) is 0 Å². The third kappa shape index (κ3) is 3.66. The highest BCUT2D eigenvalue weighted by atomic mass is 35.5. The molecule has 0 aliphatic rings. The molecule has 0 spiro atoms. The van der Waals surface area contributed by atoms with Crippen LogP contribution in [0.25, 0.3) is 22.3 Å². The van der Waals surface area contributed by atoms with Crippen LogP contribution in [0.15, 0.2) is 24.4 Å². The van der Waals surface area contributed by atoms with Crippen LogP contribution in [-0.4, -0.2) is 35.3 Å². The van der Waals surface area contributed by atoms with Crippen molar-refractivity contribution >= 4 is 28.5 Å². The second-order valence-electron chi connectivity index (χ2n) is 7.25. The lowest BCUT2D eigenvalue weighted by molar-refractivity contribution is 0.164. The van der Waals surface area contributed by atoms with Crippen molar-refractivity contribution in [3.05, 3.63) is 40.7 Å². The zero-order chi connectivity index (χ0) is 19.7. The minimum Gasteiger partial charge on any atom is -0.383 e. The molecule has 3 aromatic heterocycles. The molecule has 0 fully saturated rings. The van der Waals surface area contributed by atoms with Crippen LogP contribution < -0.4 is 5.32 Å². The molecule has 0 bridgehead atoms. The molecule has 0 aromatic carbocycles. The number of aryl methyl sites for hydroxylation is 1. The maximum absolute atomic E-state index is 6.67. The van der Waals surface area contributed by atoms with Gasteiger partial charge in [-0.1, -0.05) is 25.4 Å². The zero-order valence-electron chi connectivity index (χ0n) is 16.8. The van der Waals surface area contributed by atoms with Gasteiger partial charge in [-0.15, -0.1) is 0 Å². The molecule has 3 heterocycles. The van der Waals surface area contributed by atoms with Gasteiger partial charge in [0.25, 0.3) is 0 Å². The van der Waals surface area contributed by atoms with Gasteiger partial charge in [0.05, 0.1) is 34.4 Å². The summed E-state index contributed by atoms with van der Waals surface area (Å²) in [6.07, 6.45) is 2.11. The van der Waals surface area contributed by atoms with E-state index in [4.69, 9.17) is 26.3 Å². The van der Waals surface area contributed by atoms with Crippen molar-refractivity contribution in [1.29, 1.82) is 0 Å². The van der Waals surface area contributed by atoms with E-state index >= 15 is 0 Å². The van der Waals surface area contributed by atoms with Crippen LogP contribution in [-0.2, 0) is 4.74 Å². The summed E-state index contributed by atoms with van der Waals surface area (Å²) >= 11 is 6.67. The maximum atomic E-state index is 6.67. The number of aromatic nitrogens is 3. The Morgan fingerprint density at radius 2 is 1.96 bits per heavy atom. The highest BCUT2D eigenvalue weighted by Gasteiger charge is 2.18. The number of nitrogens with zero attached hydrogens (tertiary/aromatic N) is 3. The second-order valence-corrected chi connectivity index (χ2v) is 7.65. The summed E-state index contributed by atoms with van der Waals surface area (Å²) < 4.78 is 7.49. The number of pyridine rings is 2. The molecule has 3 aromatic rings. The Morgan fingerprint density at radius 3 is 2.59 bits per heavy atom. The first-order chi connectivity index (χ1) is 12.9. The normalized spacial score (nSPS) is 12.7. The maximum Gasteiger partial charge on any atom is 0.135 e. The fourth-order valence-corrected chi connectivity index (χ4v) is 3.61. The molecule has 6 heteroatoms. The predicted molar refractivity (Wildman–Crippen MR) is 113 cm³/mol. The number of nitrogens with one attached hydrogen (secondary N) is 1. The molecule has 5 nitrogen and oxygen atoms in total. The number of halogens is 1. The summed E-state index contributed by atoms with van der Waals surface area (Å²) in [6.45, 7) is 9.09. The van der Waals surface area contributed by atoms with E-state index in [0.717, 1.165) is 39.4 Å². The number of methoxy groups -OCH3 is 1. The molecule has 0 saturated heterocycles. The van der Waals surface area contributed by atoms with Crippen molar-refractivity contribution in [2.24, 2.45) is 0 Å². The molecule has 3 rings (SSSR count). The third-order valence-electron chi connectivity index (χ3n) is 4.82. The van der Waals surface area contributed by atoms with Crippen molar-refractivity contribution in [3.8, 4) is 11.3 Å². The summed E-state index contributed by atoms with van der Waals surface area (Å²) in [7, 11) is 3.59. The Bertz CT molecular complexity index is 964. The number of anilines is 1. The summed E-state index contributed by atoms with van der Waals surface area (Å²) in [5.74, 6) is 1.15. The van der Waals surface area contributed by atoms with Gasteiger partial charge in [0.15, 0.2) is 0 Å². The molecule has 144 valence electrons. The van der Waals surface area contributed by atoms with Crippen LogP contribution >= 0.6 is 11.6 Å². The Labute approximate surface area is 165 Å². The molecule has 0 saturated carbocycles. The van der Waals surface area contributed by atoms with Crippen molar-refractivity contribution in [1.82, 2.24) is 14.5 Å². The van der Waals surface area contributed by atoms with Crippen molar-refractivity contribution in [3.63, 3.8) is 0 Å². The molecule has 0 aliphatic heterocycles. The Balaban J connectivity index is 2.17. The van der Waals surface area contributed by atoms with Gasteiger partial charge in [0.2, 0.25) is 0 Å². The Kier molecular flexibility index (Phi) is 5.72. The first kappa shape index (κ1) is 19.6. The average molecular weight is 387 g/mol. The van der Waals surface area contributed by atoms with Crippen LogP contribution in [0, 0.1) is 6.92 Å². The second kappa shape index (κ2) is 7.87. The highest BCUT2D eigenvalue weighted by molar-refractivity contribution is 6.33. The lowest BCUT2D eigenvalue weighted by atomic mass is 10.1. The molecule has 0 radical (unpaired) electrons. The lowest BCUT2D eigenvalue weighted by Gasteiger charge is -2.15. The van der Waals surface area contributed by atoms with Crippen LogP contribution in [0.2, 0.25) is 5.02 Å². The minimum absolute atomic E-state index is 0.203. The number of hydrogen-bond acceptors (Lipinski definition) is 4. The average Bonchev–Trinajstić information content (AvgIpc) is 2.96. The number of rotatable bonds is 6. The van der Waals surface area contributed by atoms with Gasteiger partial charge in [-0.25, -0.2) is 9.97 Å². The van der Waals surface area contributed by atoms with E-state index < -0.39 is 0 Å².